The van der Waals surface area contributed by atoms with Crippen LogP contribution >= 0.6 is 0 Å². The summed E-state index contributed by atoms with van der Waals surface area (Å²) in [6, 6.07) is 9.02. The highest BCUT2D eigenvalue weighted by Gasteiger charge is 2.15. The molecule has 3 nitrogen and oxygen atoms in total. The van der Waals surface area contributed by atoms with Gasteiger partial charge in [-0.25, -0.2) is 4.98 Å². The summed E-state index contributed by atoms with van der Waals surface area (Å²) in [5.74, 6) is 0. The fourth-order valence-electron chi connectivity index (χ4n) is 2.80. The summed E-state index contributed by atoms with van der Waals surface area (Å²) in [6.45, 7) is 6.46. The summed E-state index contributed by atoms with van der Waals surface area (Å²) in [6.07, 6.45) is 6.32. The Balaban J connectivity index is 1.67. The van der Waals surface area contributed by atoms with E-state index < -0.39 is 0 Å². The van der Waals surface area contributed by atoms with Crippen LogP contribution in [-0.4, -0.2) is 21.0 Å². The molecular formula is C16H21N3. The second kappa shape index (κ2) is 5.57. The maximum absolute atomic E-state index is 4.22. The van der Waals surface area contributed by atoms with Gasteiger partial charge in [0.2, 0.25) is 0 Å². The Kier molecular flexibility index (Phi) is 3.65. The number of hydrogen-bond donors (Lipinski definition) is 0. The van der Waals surface area contributed by atoms with Crippen molar-refractivity contribution in [3.8, 4) is 0 Å². The van der Waals surface area contributed by atoms with Gasteiger partial charge in [-0.15, -0.1) is 0 Å². The normalized spacial score (nSPS) is 15.4. The van der Waals surface area contributed by atoms with Gasteiger partial charge in [-0.05, 0) is 17.5 Å². The van der Waals surface area contributed by atoms with Gasteiger partial charge in [0.15, 0.2) is 0 Å². The van der Waals surface area contributed by atoms with E-state index in [1.807, 2.05) is 12.5 Å². The van der Waals surface area contributed by atoms with Gasteiger partial charge in [-0.2, -0.15) is 0 Å². The van der Waals surface area contributed by atoms with Crippen LogP contribution in [0, 0.1) is 0 Å². The standard InChI is InChI=1S/C16H21N3/c1-2-4-14-5-3-6-15(9-14)11-18-7-8-19-13-17-10-16(19)12-18/h3,5-6,9-10,13H,2,4,7-8,11-12H2,1H3. The molecule has 2 aromatic rings. The van der Waals surface area contributed by atoms with Crippen LogP contribution in [0.2, 0.25) is 0 Å². The first kappa shape index (κ1) is 12.4. The van der Waals surface area contributed by atoms with Gasteiger partial charge in [0.1, 0.15) is 0 Å². The molecule has 3 heteroatoms. The van der Waals surface area contributed by atoms with E-state index >= 15 is 0 Å². The first-order chi connectivity index (χ1) is 9.35. The summed E-state index contributed by atoms with van der Waals surface area (Å²) in [7, 11) is 0. The zero-order valence-corrected chi connectivity index (χ0v) is 11.5. The summed E-state index contributed by atoms with van der Waals surface area (Å²) in [4.78, 5) is 6.72. The second-order valence-electron chi connectivity index (χ2n) is 5.36. The van der Waals surface area contributed by atoms with E-state index in [9.17, 15) is 0 Å². The lowest BCUT2D eigenvalue weighted by Crippen LogP contribution is -2.32. The first-order valence-electron chi connectivity index (χ1n) is 7.14. The number of aromatic nitrogens is 2. The minimum atomic E-state index is 1.01. The Morgan fingerprint density at radius 2 is 2.11 bits per heavy atom. The maximum Gasteiger partial charge on any atom is 0.0949 e. The Bertz CT molecular complexity index is 544. The van der Waals surface area contributed by atoms with Gasteiger partial charge in [0.25, 0.3) is 0 Å². The Hall–Kier alpha value is -1.61. The third-order valence-electron chi connectivity index (χ3n) is 3.78. The van der Waals surface area contributed by atoms with E-state index in [4.69, 9.17) is 0 Å². The number of imidazole rings is 1. The Labute approximate surface area is 114 Å². The van der Waals surface area contributed by atoms with E-state index in [0.717, 1.165) is 26.2 Å². The first-order valence-corrected chi connectivity index (χ1v) is 7.14. The number of benzene rings is 1. The molecule has 1 aliphatic heterocycles. The van der Waals surface area contributed by atoms with Crippen molar-refractivity contribution in [3.05, 3.63) is 53.6 Å². The van der Waals surface area contributed by atoms with Gasteiger partial charge in [0, 0.05) is 32.4 Å². The van der Waals surface area contributed by atoms with Crippen LogP contribution in [0.15, 0.2) is 36.8 Å². The maximum atomic E-state index is 4.22. The van der Waals surface area contributed by atoms with Crippen LogP contribution in [0.3, 0.4) is 0 Å². The van der Waals surface area contributed by atoms with Crippen molar-refractivity contribution in [1.29, 1.82) is 0 Å². The number of fused-ring (bicyclic) bond motifs is 1. The van der Waals surface area contributed by atoms with Crippen LogP contribution in [0.1, 0.15) is 30.2 Å². The van der Waals surface area contributed by atoms with Gasteiger partial charge < -0.3 is 4.57 Å². The van der Waals surface area contributed by atoms with Crippen molar-refractivity contribution in [1.82, 2.24) is 14.5 Å². The molecule has 1 aliphatic rings. The predicted octanol–water partition coefficient (Wildman–Crippen LogP) is 2.85. The number of hydrogen-bond acceptors (Lipinski definition) is 2. The third kappa shape index (κ3) is 2.87. The summed E-state index contributed by atoms with van der Waals surface area (Å²) >= 11 is 0. The molecule has 1 aromatic carbocycles. The fraction of sp³-hybridized carbons (Fsp3) is 0.438. The molecule has 0 fully saturated rings. The highest BCUT2D eigenvalue weighted by molar-refractivity contribution is 5.23. The van der Waals surface area contributed by atoms with Crippen molar-refractivity contribution < 1.29 is 0 Å². The molecule has 0 spiro atoms. The predicted molar refractivity (Wildman–Crippen MR) is 76.8 cm³/mol. The van der Waals surface area contributed by atoms with Gasteiger partial charge in [-0.3, -0.25) is 4.90 Å². The molecule has 1 aromatic heterocycles. The molecule has 0 atom stereocenters. The van der Waals surface area contributed by atoms with Crippen molar-refractivity contribution in [3.63, 3.8) is 0 Å². The van der Waals surface area contributed by atoms with E-state index in [1.54, 1.807) is 0 Å². The molecule has 0 bridgehead atoms. The third-order valence-corrected chi connectivity index (χ3v) is 3.78. The molecule has 0 radical (unpaired) electrons. The minimum Gasteiger partial charge on any atom is -0.332 e. The van der Waals surface area contributed by atoms with E-state index in [2.05, 4.69) is 45.6 Å². The lowest BCUT2D eigenvalue weighted by atomic mass is 10.1. The molecule has 0 saturated heterocycles. The summed E-state index contributed by atoms with van der Waals surface area (Å²) in [5.41, 5.74) is 4.22. The lowest BCUT2D eigenvalue weighted by molar-refractivity contribution is 0.213. The molecule has 0 amide bonds. The van der Waals surface area contributed by atoms with Crippen molar-refractivity contribution >= 4 is 0 Å². The monoisotopic (exact) mass is 255 g/mol. The molecule has 0 unspecified atom stereocenters. The summed E-state index contributed by atoms with van der Waals surface area (Å²) in [5, 5.41) is 0. The Morgan fingerprint density at radius 1 is 1.21 bits per heavy atom. The number of nitrogens with zero attached hydrogens (tertiary/aromatic N) is 3. The van der Waals surface area contributed by atoms with Gasteiger partial charge >= 0.3 is 0 Å². The van der Waals surface area contributed by atoms with E-state index in [0.29, 0.717) is 0 Å². The molecule has 0 N–H and O–H groups in total. The quantitative estimate of drug-likeness (QED) is 0.837. The molecule has 2 heterocycles. The van der Waals surface area contributed by atoms with Crippen LogP contribution in [-0.2, 0) is 26.1 Å². The average Bonchev–Trinajstić information content (AvgIpc) is 2.87. The fourth-order valence-corrected chi connectivity index (χ4v) is 2.80. The van der Waals surface area contributed by atoms with Crippen LogP contribution in [0.25, 0.3) is 0 Å². The van der Waals surface area contributed by atoms with Gasteiger partial charge in [-0.1, -0.05) is 37.6 Å². The molecule has 3 rings (SSSR count). The van der Waals surface area contributed by atoms with E-state index in [1.165, 1.54) is 29.7 Å². The SMILES string of the molecule is CCCc1cccc(CN2CCn3cncc3C2)c1. The highest BCUT2D eigenvalue weighted by atomic mass is 15.2. The summed E-state index contributed by atoms with van der Waals surface area (Å²) < 4.78 is 2.25. The molecule has 0 aliphatic carbocycles. The van der Waals surface area contributed by atoms with Gasteiger partial charge in [0.05, 0.1) is 12.0 Å². The zero-order valence-electron chi connectivity index (χ0n) is 11.5. The van der Waals surface area contributed by atoms with Crippen molar-refractivity contribution in [2.45, 2.75) is 39.4 Å². The van der Waals surface area contributed by atoms with Crippen molar-refractivity contribution in [2.24, 2.45) is 0 Å². The number of rotatable bonds is 4. The van der Waals surface area contributed by atoms with E-state index in [-0.39, 0.29) is 0 Å². The largest absolute Gasteiger partial charge is 0.332 e. The zero-order chi connectivity index (χ0) is 13.1. The smallest absolute Gasteiger partial charge is 0.0949 e. The highest BCUT2D eigenvalue weighted by Crippen LogP contribution is 2.16. The lowest BCUT2D eigenvalue weighted by Gasteiger charge is -2.28. The number of aryl methyl sites for hydroxylation is 1. The topological polar surface area (TPSA) is 21.1 Å². The van der Waals surface area contributed by atoms with Crippen LogP contribution in [0.5, 0.6) is 0 Å². The molecular weight excluding hydrogens is 234 g/mol. The Morgan fingerprint density at radius 3 is 3.00 bits per heavy atom. The molecule has 100 valence electrons. The molecule has 0 saturated carbocycles. The van der Waals surface area contributed by atoms with Crippen LogP contribution < -0.4 is 0 Å². The average molecular weight is 255 g/mol. The minimum absolute atomic E-state index is 1.01. The van der Waals surface area contributed by atoms with Crippen LogP contribution in [0.4, 0.5) is 0 Å². The molecule has 19 heavy (non-hydrogen) atoms. The second-order valence-corrected chi connectivity index (χ2v) is 5.36. The van der Waals surface area contributed by atoms with Crippen molar-refractivity contribution in [2.75, 3.05) is 6.54 Å².